The summed E-state index contributed by atoms with van der Waals surface area (Å²) in [6, 6.07) is 6.71. The third kappa shape index (κ3) is 7.77. The number of nitrogens with two attached hydrogens (primary N) is 1. The summed E-state index contributed by atoms with van der Waals surface area (Å²) in [5, 5.41) is 7.18. The first-order valence-electron chi connectivity index (χ1n) is 14.7. The molecule has 44 heavy (non-hydrogen) atoms. The number of hydrogen-bond acceptors (Lipinski definition) is 10. The number of rotatable bonds is 15. The summed E-state index contributed by atoms with van der Waals surface area (Å²) in [5.74, 6) is -1.63. The predicted molar refractivity (Wildman–Crippen MR) is 163 cm³/mol. The molecule has 15 heteroatoms. The number of carbonyl (C=O) groups excluding carboxylic acids is 2. The Morgan fingerprint density at radius 1 is 1.07 bits per heavy atom. The van der Waals surface area contributed by atoms with Gasteiger partial charge in [-0.1, -0.05) is 26.3 Å². The van der Waals surface area contributed by atoms with Crippen molar-refractivity contribution in [3.63, 3.8) is 0 Å². The fourth-order valence-electron chi connectivity index (χ4n) is 4.88. The number of primary amides is 1. The first-order chi connectivity index (χ1) is 21.2. The van der Waals surface area contributed by atoms with Gasteiger partial charge in [0.25, 0.3) is 11.8 Å². The lowest BCUT2D eigenvalue weighted by Gasteiger charge is -2.33. The number of aromatic nitrogens is 4. The van der Waals surface area contributed by atoms with Crippen LogP contribution in [0.3, 0.4) is 0 Å². The lowest BCUT2D eigenvalue weighted by Crippen LogP contribution is -2.48. The molecular weight excluding hydrogens is 588 g/mol. The number of ether oxygens (including phenoxy) is 2. The minimum Gasteiger partial charge on any atom is -0.475 e. The third-order valence-electron chi connectivity index (χ3n) is 7.21. The van der Waals surface area contributed by atoms with E-state index >= 15 is 0 Å². The largest absolute Gasteiger partial charge is 0.475 e. The van der Waals surface area contributed by atoms with Gasteiger partial charge in [-0.05, 0) is 38.1 Å². The van der Waals surface area contributed by atoms with Crippen LogP contribution in [0.5, 0.6) is 5.88 Å². The number of amides is 2. The standard InChI is InChI=1S/C29H40N8O6S/c1-4-9-24-25(26(27(30)38)34-37(24)20-21-10-7-8-11-31-21)33-28(39)23-18-22(19-32-29(23)43-17-16-42-6-3)44(40,41)36-14-12-35(5-2)13-15-36/h7-8,10-11,18-19H,4-6,9,12-17,20H2,1-3H3,(H2,30,38)(H,33,39). The third-order valence-corrected chi connectivity index (χ3v) is 9.08. The van der Waals surface area contributed by atoms with E-state index in [4.69, 9.17) is 15.2 Å². The lowest BCUT2D eigenvalue weighted by molar-refractivity contribution is 0.0990. The molecule has 238 valence electrons. The molecule has 0 radical (unpaired) electrons. The van der Waals surface area contributed by atoms with Gasteiger partial charge in [-0.25, -0.2) is 13.4 Å². The van der Waals surface area contributed by atoms with E-state index in [1.54, 1.807) is 16.9 Å². The zero-order valence-electron chi connectivity index (χ0n) is 25.4. The molecule has 4 rings (SSSR count). The normalized spacial score (nSPS) is 14.4. The quantitative estimate of drug-likeness (QED) is 0.236. The minimum absolute atomic E-state index is 0.0736. The highest BCUT2D eigenvalue weighted by Gasteiger charge is 2.31. The molecule has 1 aliphatic rings. The monoisotopic (exact) mass is 628 g/mol. The Kier molecular flexibility index (Phi) is 11.4. The van der Waals surface area contributed by atoms with E-state index in [0.717, 1.165) is 6.54 Å². The molecule has 2 amide bonds. The van der Waals surface area contributed by atoms with Gasteiger partial charge >= 0.3 is 0 Å². The van der Waals surface area contributed by atoms with E-state index in [-0.39, 0.29) is 47.5 Å². The lowest BCUT2D eigenvalue weighted by atomic mass is 10.1. The van der Waals surface area contributed by atoms with Crippen LogP contribution in [0.25, 0.3) is 0 Å². The molecule has 0 unspecified atom stereocenters. The molecule has 3 aromatic rings. The molecule has 0 atom stereocenters. The number of anilines is 1. The first kappa shape index (κ1) is 33.0. The van der Waals surface area contributed by atoms with Gasteiger partial charge in [-0.3, -0.25) is 19.3 Å². The van der Waals surface area contributed by atoms with Gasteiger partial charge in [0.05, 0.1) is 36.4 Å². The summed E-state index contributed by atoms with van der Waals surface area (Å²) in [4.78, 5) is 37.0. The summed E-state index contributed by atoms with van der Waals surface area (Å²) < 4.78 is 41.2. The van der Waals surface area contributed by atoms with Crippen LogP contribution in [-0.2, 0) is 27.7 Å². The van der Waals surface area contributed by atoms with Gasteiger partial charge in [-0.15, -0.1) is 0 Å². The highest BCUT2D eigenvalue weighted by Crippen LogP contribution is 2.28. The number of nitrogens with one attached hydrogen (secondary N) is 1. The molecule has 1 aliphatic heterocycles. The van der Waals surface area contributed by atoms with Crippen molar-refractivity contribution in [1.82, 2.24) is 29.0 Å². The Hall–Kier alpha value is -3.92. The van der Waals surface area contributed by atoms with Crippen LogP contribution in [0.4, 0.5) is 5.69 Å². The maximum Gasteiger partial charge on any atom is 0.271 e. The van der Waals surface area contributed by atoms with Crippen molar-refractivity contribution in [2.75, 3.05) is 57.9 Å². The summed E-state index contributed by atoms with van der Waals surface area (Å²) in [7, 11) is -3.95. The van der Waals surface area contributed by atoms with Crippen LogP contribution in [0.15, 0.2) is 41.6 Å². The molecule has 0 aliphatic carbocycles. The van der Waals surface area contributed by atoms with E-state index in [1.807, 2.05) is 32.9 Å². The summed E-state index contributed by atoms with van der Waals surface area (Å²) in [6.45, 7) is 9.57. The first-order valence-corrected chi connectivity index (χ1v) is 16.2. The van der Waals surface area contributed by atoms with Crippen molar-refractivity contribution in [3.05, 3.63) is 59.3 Å². The molecule has 0 aromatic carbocycles. The second kappa shape index (κ2) is 15.2. The Balaban J connectivity index is 1.71. The van der Waals surface area contributed by atoms with Crippen molar-refractivity contribution in [2.45, 2.75) is 45.1 Å². The molecule has 0 saturated carbocycles. The van der Waals surface area contributed by atoms with Crippen LogP contribution in [0, 0.1) is 0 Å². The Labute approximate surface area is 257 Å². The smallest absolute Gasteiger partial charge is 0.271 e. The van der Waals surface area contributed by atoms with Gasteiger partial charge in [0.15, 0.2) is 5.69 Å². The van der Waals surface area contributed by atoms with Crippen molar-refractivity contribution < 1.29 is 27.5 Å². The molecule has 3 aromatic heterocycles. The summed E-state index contributed by atoms with van der Waals surface area (Å²) in [6.07, 6.45) is 4.00. The van der Waals surface area contributed by atoms with Gasteiger partial charge in [-0.2, -0.15) is 9.40 Å². The number of nitrogens with zero attached hydrogens (tertiary/aromatic N) is 6. The van der Waals surface area contributed by atoms with Crippen LogP contribution in [0.1, 0.15) is 59.4 Å². The van der Waals surface area contributed by atoms with Crippen molar-refractivity contribution in [1.29, 1.82) is 0 Å². The number of piperazine rings is 1. The second-order valence-electron chi connectivity index (χ2n) is 10.1. The van der Waals surface area contributed by atoms with Crippen molar-refractivity contribution in [3.8, 4) is 5.88 Å². The zero-order chi connectivity index (χ0) is 31.7. The fourth-order valence-corrected chi connectivity index (χ4v) is 6.27. The van der Waals surface area contributed by atoms with Gasteiger partial charge in [0.2, 0.25) is 15.9 Å². The number of hydrogen-bond donors (Lipinski definition) is 2. The molecule has 0 spiro atoms. The van der Waals surface area contributed by atoms with Crippen LogP contribution >= 0.6 is 0 Å². The maximum atomic E-state index is 13.9. The summed E-state index contributed by atoms with van der Waals surface area (Å²) in [5.41, 5.74) is 6.86. The Morgan fingerprint density at radius 3 is 2.48 bits per heavy atom. The van der Waals surface area contributed by atoms with Gasteiger partial charge in [0, 0.05) is 39.0 Å². The van der Waals surface area contributed by atoms with E-state index in [9.17, 15) is 18.0 Å². The van der Waals surface area contributed by atoms with Crippen molar-refractivity contribution >= 4 is 27.5 Å². The highest BCUT2D eigenvalue weighted by atomic mass is 32.2. The number of pyridine rings is 2. The molecular formula is C29H40N8O6S. The van der Waals surface area contributed by atoms with Crippen LogP contribution in [0.2, 0.25) is 0 Å². The topological polar surface area (TPSA) is 175 Å². The minimum atomic E-state index is -3.95. The van der Waals surface area contributed by atoms with E-state index in [1.165, 1.54) is 16.6 Å². The number of likely N-dealkylation sites (N-methyl/N-ethyl adjacent to an activating group) is 1. The van der Waals surface area contributed by atoms with E-state index in [0.29, 0.717) is 57.0 Å². The summed E-state index contributed by atoms with van der Waals surface area (Å²) >= 11 is 0. The number of carbonyl (C=O) groups is 2. The number of sulfonamides is 1. The van der Waals surface area contributed by atoms with Gasteiger partial charge in [0.1, 0.15) is 17.1 Å². The maximum absolute atomic E-state index is 13.9. The molecule has 0 bridgehead atoms. The van der Waals surface area contributed by atoms with E-state index < -0.39 is 21.8 Å². The Bertz CT molecular complexity index is 1540. The average molecular weight is 629 g/mol. The fraction of sp³-hybridized carbons (Fsp3) is 0.483. The van der Waals surface area contributed by atoms with Gasteiger partial charge < -0.3 is 25.4 Å². The molecule has 1 fully saturated rings. The van der Waals surface area contributed by atoms with Crippen molar-refractivity contribution in [2.24, 2.45) is 5.73 Å². The predicted octanol–water partition coefficient (Wildman–Crippen LogP) is 1.77. The molecule has 1 saturated heterocycles. The van der Waals surface area contributed by atoms with Crippen LogP contribution < -0.4 is 15.8 Å². The molecule has 3 N–H and O–H groups in total. The average Bonchev–Trinajstić information content (AvgIpc) is 3.36. The SMILES string of the molecule is CCCc1c(NC(=O)c2cc(S(=O)(=O)N3CCN(CC)CC3)cnc2OCCOCC)c(C(N)=O)nn1Cc1ccccn1. The highest BCUT2D eigenvalue weighted by molar-refractivity contribution is 7.89. The zero-order valence-corrected chi connectivity index (χ0v) is 26.2. The Morgan fingerprint density at radius 2 is 1.84 bits per heavy atom. The second-order valence-corrected chi connectivity index (χ2v) is 12.1. The molecule has 14 nitrogen and oxygen atoms in total. The van der Waals surface area contributed by atoms with Crippen LogP contribution in [-0.4, -0.2) is 102 Å². The van der Waals surface area contributed by atoms with E-state index in [2.05, 4.69) is 25.3 Å². The molecule has 4 heterocycles.